The monoisotopic (exact) mass is 233 g/mol. The fraction of sp³-hybridized carbons (Fsp3) is 0.400. The molecule has 0 atom stereocenters. The Labute approximate surface area is 89.9 Å². The van der Waals surface area contributed by atoms with E-state index in [-0.39, 0.29) is 0 Å². The van der Waals surface area contributed by atoms with Gasteiger partial charge in [-0.05, 0) is 43.8 Å². The van der Waals surface area contributed by atoms with E-state index in [4.69, 9.17) is 10.7 Å². The van der Waals surface area contributed by atoms with Gasteiger partial charge in [0, 0.05) is 19.6 Å². The van der Waals surface area contributed by atoms with Gasteiger partial charge in [-0.2, -0.15) is 0 Å². The summed E-state index contributed by atoms with van der Waals surface area (Å²) in [7, 11) is 6.29. The maximum absolute atomic E-state index is 12.5. The molecule has 0 radical (unpaired) electrons. The average Bonchev–Trinajstić information content (AvgIpc) is 2.03. The van der Waals surface area contributed by atoms with E-state index in [1.54, 1.807) is 24.7 Å². The minimum absolute atomic E-state index is 0.666. The van der Waals surface area contributed by atoms with Crippen molar-refractivity contribution in [2.24, 2.45) is 0 Å². The van der Waals surface area contributed by atoms with Crippen molar-refractivity contribution in [1.29, 1.82) is 0 Å². The Morgan fingerprint density at radius 2 is 1.64 bits per heavy atom. The summed E-state index contributed by atoms with van der Waals surface area (Å²) in [6, 6.07) is 7.46. The summed E-state index contributed by atoms with van der Waals surface area (Å²) in [5.41, 5.74) is 1.13. The molecule has 14 heavy (non-hydrogen) atoms. The highest BCUT2D eigenvalue weighted by molar-refractivity contribution is 8.36. The van der Waals surface area contributed by atoms with E-state index in [1.807, 2.05) is 31.2 Å². The fourth-order valence-electron chi connectivity index (χ4n) is 1.05. The molecule has 0 spiro atoms. The van der Waals surface area contributed by atoms with Crippen molar-refractivity contribution in [3.05, 3.63) is 29.8 Å². The van der Waals surface area contributed by atoms with Crippen LogP contribution in [0.25, 0.3) is 0 Å². The first-order valence-corrected chi connectivity index (χ1v) is 7.49. The zero-order valence-electron chi connectivity index (χ0n) is 8.95. The van der Waals surface area contributed by atoms with E-state index in [1.165, 1.54) is 0 Å². The predicted octanol–water partition coefficient (Wildman–Crippen LogP) is 2.43. The van der Waals surface area contributed by atoms with E-state index in [9.17, 15) is 4.21 Å². The summed E-state index contributed by atoms with van der Waals surface area (Å²) in [5, 5.41) is 0. The number of halogens is 1. The smallest absolute Gasteiger partial charge is 0.0434 e. The van der Waals surface area contributed by atoms with Gasteiger partial charge in [0.2, 0.25) is 0 Å². The molecule has 0 aliphatic rings. The highest BCUT2D eigenvalue weighted by atomic mass is 35.7. The Bertz CT molecular complexity index is 391. The van der Waals surface area contributed by atoms with Crippen molar-refractivity contribution >= 4 is 19.1 Å². The van der Waals surface area contributed by atoms with E-state index in [2.05, 4.69) is 0 Å². The Kier molecular flexibility index (Phi) is 2.78. The number of hydrogen-bond acceptors (Lipinski definition) is 1. The molecule has 1 rings (SSSR count). The van der Waals surface area contributed by atoms with Crippen LogP contribution >= 0.6 is 10.7 Å². The molecular formula is C10H16ClNOS. The average molecular weight is 234 g/mol. The predicted molar refractivity (Wildman–Crippen MR) is 63.1 cm³/mol. The van der Waals surface area contributed by atoms with Crippen molar-refractivity contribution in [2.75, 3.05) is 20.4 Å². The van der Waals surface area contributed by atoms with Crippen LogP contribution in [-0.2, 0) is 8.47 Å². The van der Waals surface area contributed by atoms with Gasteiger partial charge in [-0.15, -0.1) is 0 Å². The number of rotatable bonds is 2. The first kappa shape index (κ1) is 11.7. The molecule has 0 aliphatic heterocycles. The van der Waals surface area contributed by atoms with Crippen molar-refractivity contribution in [2.45, 2.75) is 11.8 Å². The van der Waals surface area contributed by atoms with Gasteiger partial charge in [-0.3, -0.25) is 0 Å². The second kappa shape index (κ2) is 3.33. The number of hydrogen-bond donors (Lipinski definition) is 0. The quantitative estimate of drug-likeness (QED) is 0.719. The fourth-order valence-corrected chi connectivity index (χ4v) is 2.53. The standard InChI is InChI=1S/C10H16ClNOS/c1-9-5-7-10(8-6-9)14(4,11,13)12(2)3/h5-8H,1-4H3. The van der Waals surface area contributed by atoms with Gasteiger partial charge in [0.25, 0.3) is 0 Å². The molecule has 0 bridgehead atoms. The molecule has 0 unspecified atom stereocenters. The van der Waals surface area contributed by atoms with Gasteiger partial charge in [0.05, 0.1) is 0 Å². The first-order valence-electron chi connectivity index (χ1n) is 4.33. The third-order valence-electron chi connectivity index (χ3n) is 2.38. The van der Waals surface area contributed by atoms with E-state index in [0.717, 1.165) is 5.56 Å². The van der Waals surface area contributed by atoms with Gasteiger partial charge in [-0.25, -0.2) is 8.51 Å². The Morgan fingerprint density at radius 3 is 2.00 bits per heavy atom. The van der Waals surface area contributed by atoms with Crippen LogP contribution in [0.2, 0.25) is 0 Å². The third-order valence-corrected chi connectivity index (χ3v) is 6.74. The van der Waals surface area contributed by atoms with Crippen LogP contribution < -0.4 is 0 Å². The van der Waals surface area contributed by atoms with Crippen molar-refractivity contribution < 1.29 is 4.21 Å². The van der Waals surface area contributed by atoms with Gasteiger partial charge in [0.1, 0.15) is 0 Å². The highest BCUT2D eigenvalue weighted by Crippen LogP contribution is 2.38. The molecule has 0 fully saturated rings. The second-order valence-electron chi connectivity index (χ2n) is 3.79. The molecule has 4 heteroatoms. The van der Waals surface area contributed by atoms with Crippen LogP contribution in [0.5, 0.6) is 0 Å². The summed E-state index contributed by atoms with van der Waals surface area (Å²) in [5.74, 6) is 0. The van der Waals surface area contributed by atoms with Gasteiger partial charge < -0.3 is 0 Å². The minimum atomic E-state index is -3.34. The highest BCUT2D eigenvalue weighted by Gasteiger charge is 2.32. The van der Waals surface area contributed by atoms with Crippen molar-refractivity contribution in [1.82, 2.24) is 4.31 Å². The van der Waals surface area contributed by atoms with E-state index >= 15 is 0 Å². The van der Waals surface area contributed by atoms with Gasteiger partial charge >= 0.3 is 0 Å². The van der Waals surface area contributed by atoms with Crippen molar-refractivity contribution in [3.8, 4) is 0 Å². The van der Waals surface area contributed by atoms with E-state index < -0.39 is 8.47 Å². The van der Waals surface area contributed by atoms with E-state index in [0.29, 0.717) is 4.90 Å². The normalized spacial score (nSPS) is 15.1. The molecule has 0 saturated heterocycles. The van der Waals surface area contributed by atoms with Crippen LogP contribution in [-0.4, -0.2) is 28.9 Å². The molecule has 1 aromatic carbocycles. The molecule has 0 N–H and O–H groups in total. The Morgan fingerprint density at radius 1 is 1.21 bits per heavy atom. The Balaban J connectivity index is 3.30. The molecule has 80 valence electrons. The number of benzene rings is 1. The molecule has 0 amide bonds. The summed E-state index contributed by atoms with van der Waals surface area (Å²) >= 11 is 0. The van der Waals surface area contributed by atoms with Crippen LogP contribution in [0, 0.1) is 6.92 Å². The summed E-state index contributed by atoms with van der Waals surface area (Å²) in [6.45, 7) is 1.99. The topological polar surface area (TPSA) is 20.3 Å². The summed E-state index contributed by atoms with van der Waals surface area (Å²) < 4.78 is 14.1. The zero-order valence-corrected chi connectivity index (χ0v) is 10.5. The number of aryl methyl sites for hydroxylation is 1. The lowest BCUT2D eigenvalue weighted by atomic mass is 10.2. The maximum Gasteiger partial charge on any atom is 0.0434 e. The molecule has 0 aromatic heterocycles. The number of nitrogens with zero attached hydrogens (tertiary/aromatic N) is 1. The lowest BCUT2D eigenvalue weighted by Crippen LogP contribution is -2.39. The molecule has 0 aliphatic carbocycles. The van der Waals surface area contributed by atoms with Crippen LogP contribution in [0.1, 0.15) is 5.56 Å². The Hall–Kier alpha value is -0.380. The molecule has 2 nitrogen and oxygen atoms in total. The molecule has 0 heterocycles. The maximum atomic E-state index is 12.5. The minimum Gasteiger partial charge on any atom is -0.249 e. The largest absolute Gasteiger partial charge is 0.249 e. The van der Waals surface area contributed by atoms with Crippen LogP contribution in [0.15, 0.2) is 29.2 Å². The summed E-state index contributed by atoms with van der Waals surface area (Å²) in [6.07, 6.45) is 1.57. The molecule has 1 aromatic rings. The first-order chi connectivity index (χ1) is 6.22. The van der Waals surface area contributed by atoms with Crippen LogP contribution in [0.3, 0.4) is 0 Å². The lowest BCUT2D eigenvalue weighted by molar-refractivity contribution is 0.581. The lowest BCUT2D eigenvalue weighted by Gasteiger charge is -2.38. The third kappa shape index (κ3) is 2.00. The molecule has 0 saturated carbocycles. The SMILES string of the molecule is Cc1ccc(S(C)(=O)(Cl)N(C)C)cc1. The van der Waals surface area contributed by atoms with Gasteiger partial charge in [0.15, 0.2) is 0 Å². The second-order valence-corrected chi connectivity index (χ2v) is 9.51. The van der Waals surface area contributed by atoms with Crippen LogP contribution in [0.4, 0.5) is 0 Å². The van der Waals surface area contributed by atoms with Gasteiger partial charge in [-0.1, -0.05) is 17.7 Å². The molecular weight excluding hydrogens is 218 g/mol. The zero-order chi connectivity index (χ0) is 11.0. The van der Waals surface area contributed by atoms with Crippen molar-refractivity contribution in [3.63, 3.8) is 0 Å². The summed E-state index contributed by atoms with van der Waals surface area (Å²) in [4.78, 5) is 0.666.